The monoisotopic (exact) mass is 452 g/mol. The number of ether oxygens (including phenoxy) is 2. The summed E-state index contributed by atoms with van der Waals surface area (Å²) in [5.74, 6) is -0.807. The highest BCUT2D eigenvalue weighted by molar-refractivity contribution is 7.80. The first-order valence-electron chi connectivity index (χ1n) is 10.1. The van der Waals surface area contributed by atoms with Crippen molar-refractivity contribution in [3.63, 3.8) is 0 Å². The van der Waals surface area contributed by atoms with E-state index < -0.39 is 18.0 Å². The van der Waals surface area contributed by atoms with Gasteiger partial charge in [-0.1, -0.05) is 36.4 Å². The van der Waals surface area contributed by atoms with Gasteiger partial charge in [0.05, 0.1) is 24.8 Å². The largest absolute Gasteiger partial charge is 0.463 e. The highest BCUT2D eigenvalue weighted by atomic mass is 32.1. The van der Waals surface area contributed by atoms with Crippen LogP contribution < -0.4 is 15.4 Å². The van der Waals surface area contributed by atoms with E-state index in [0.29, 0.717) is 27.5 Å². The molecule has 0 aliphatic carbocycles. The van der Waals surface area contributed by atoms with Crippen molar-refractivity contribution in [1.29, 1.82) is 0 Å². The molecule has 0 amide bonds. The summed E-state index contributed by atoms with van der Waals surface area (Å²) in [7, 11) is 0. The molecule has 0 spiro atoms. The number of nitrogens with one attached hydrogen (secondary N) is 2. The van der Waals surface area contributed by atoms with Crippen molar-refractivity contribution in [2.75, 3.05) is 6.61 Å². The number of allylic oxidation sites excluding steroid dienone is 1. The summed E-state index contributed by atoms with van der Waals surface area (Å²) in [5, 5.41) is 16.2. The second-order valence-corrected chi connectivity index (χ2v) is 7.39. The van der Waals surface area contributed by atoms with Crippen LogP contribution in [0.1, 0.15) is 36.6 Å². The molecule has 2 aromatic carbocycles. The van der Waals surface area contributed by atoms with E-state index in [9.17, 15) is 14.7 Å². The molecule has 3 rings (SSSR count). The van der Waals surface area contributed by atoms with E-state index >= 15 is 0 Å². The number of aliphatic hydroxyl groups excluding tert-OH is 1. The summed E-state index contributed by atoms with van der Waals surface area (Å²) < 4.78 is 10.6. The van der Waals surface area contributed by atoms with Gasteiger partial charge in [-0.2, -0.15) is 0 Å². The van der Waals surface area contributed by atoms with Crippen molar-refractivity contribution >= 4 is 35.3 Å². The summed E-state index contributed by atoms with van der Waals surface area (Å²) >= 11 is 5.24. The van der Waals surface area contributed by atoms with E-state index in [0.717, 1.165) is 5.56 Å². The topological polar surface area (TPSA) is 96.9 Å². The van der Waals surface area contributed by atoms with Gasteiger partial charge < -0.3 is 25.2 Å². The molecule has 1 heterocycles. The number of benzene rings is 2. The summed E-state index contributed by atoms with van der Waals surface area (Å²) in [4.78, 5) is 24.8. The molecular weight excluding hydrogens is 428 g/mol. The molecule has 7 nitrogen and oxygen atoms in total. The van der Waals surface area contributed by atoms with Gasteiger partial charge in [-0.15, -0.1) is 0 Å². The summed E-state index contributed by atoms with van der Waals surface area (Å²) in [6.45, 7) is 3.36. The van der Waals surface area contributed by atoms with Crippen molar-refractivity contribution < 1.29 is 24.2 Å². The van der Waals surface area contributed by atoms with E-state index in [2.05, 4.69) is 10.6 Å². The zero-order chi connectivity index (χ0) is 23.1. The summed E-state index contributed by atoms with van der Waals surface area (Å²) in [5.41, 5.74) is 2.91. The van der Waals surface area contributed by atoms with Gasteiger partial charge >= 0.3 is 11.9 Å². The zero-order valence-corrected chi connectivity index (χ0v) is 18.6. The third kappa shape index (κ3) is 5.60. The third-order valence-corrected chi connectivity index (χ3v) is 4.99. The molecule has 166 valence electrons. The van der Waals surface area contributed by atoms with E-state index in [1.165, 1.54) is 6.08 Å². The number of aliphatic hydroxyl groups is 1. The van der Waals surface area contributed by atoms with Crippen molar-refractivity contribution in [3.8, 4) is 5.75 Å². The number of hydrogen-bond acceptors (Lipinski definition) is 6. The first-order valence-corrected chi connectivity index (χ1v) is 10.5. The van der Waals surface area contributed by atoms with Crippen LogP contribution >= 0.6 is 12.2 Å². The molecule has 2 aromatic rings. The number of esters is 2. The second kappa shape index (κ2) is 10.7. The zero-order valence-electron chi connectivity index (χ0n) is 17.8. The first kappa shape index (κ1) is 23.2. The molecule has 1 aliphatic rings. The Kier molecular flexibility index (Phi) is 7.75. The van der Waals surface area contributed by atoms with Crippen LogP contribution in [0.5, 0.6) is 5.75 Å². The van der Waals surface area contributed by atoms with Crippen LogP contribution in [0.3, 0.4) is 0 Å². The van der Waals surface area contributed by atoms with Gasteiger partial charge in [0.1, 0.15) is 5.75 Å². The van der Waals surface area contributed by atoms with Crippen LogP contribution in [0.15, 0.2) is 65.9 Å². The van der Waals surface area contributed by atoms with Crippen LogP contribution in [-0.4, -0.2) is 28.8 Å². The van der Waals surface area contributed by atoms with Gasteiger partial charge in [-0.25, -0.2) is 9.59 Å². The average Bonchev–Trinajstić information content (AvgIpc) is 2.78. The van der Waals surface area contributed by atoms with E-state index in [-0.39, 0.29) is 19.0 Å². The van der Waals surface area contributed by atoms with Crippen molar-refractivity contribution in [2.24, 2.45) is 0 Å². The standard InChI is InChI=1S/C24H24N2O5S/c1-3-30-23(29)21-15(2)25-24(32)26-22(21)17-10-11-19(18(13-17)14-27)31-20(28)12-9-16-7-5-4-6-8-16/h4-13,22,27H,3,14H2,1-2H3,(H2,25,26,32)/b12-9+. The maximum absolute atomic E-state index is 12.5. The smallest absolute Gasteiger partial charge is 0.338 e. The van der Waals surface area contributed by atoms with E-state index in [1.54, 1.807) is 38.1 Å². The molecule has 32 heavy (non-hydrogen) atoms. The van der Waals surface area contributed by atoms with Crippen molar-refractivity contribution in [3.05, 3.63) is 82.6 Å². The molecule has 1 unspecified atom stereocenters. The Morgan fingerprint density at radius 3 is 2.62 bits per heavy atom. The average molecular weight is 453 g/mol. The Bertz CT molecular complexity index is 1080. The van der Waals surface area contributed by atoms with E-state index in [4.69, 9.17) is 21.7 Å². The highest BCUT2D eigenvalue weighted by Gasteiger charge is 2.31. The molecule has 0 bridgehead atoms. The molecule has 1 atom stereocenters. The molecule has 1 aliphatic heterocycles. The Hall–Kier alpha value is -3.49. The Labute approximate surface area is 191 Å². The molecule has 0 saturated heterocycles. The first-order chi connectivity index (χ1) is 15.4. The lowest BCUT2D eigenvalue weighted by atomic mass is 9.94. The Balaban J connectivity index is 1.84. The van der Waals surface area contributed by atoms with Gasteiger partial charge in [0.25, 0.3) is 0 Å². The van der Waals surface area contributed by atoms with Crippen LogP contribution in [0.2, 0.25) is 0 Å². The van der Waals surface area contributed by atoms with E-state index in [1.807, 2.05) is 30.3 Å². The minimum absolute atomic E-state index is 0.230. The molecule has 3 N–H and O–H groups in total. The number of thiocarbonyl (C=S) groups is 1. The predicted molar refractivity (Wildman–Crippen MR) is 124 cm³/mol. The number of carbonyl (C=O) groups is 2. The van der Waals surface area contributed by atoms with Crippen molar-refractivity contribution in [2.45, 2.75) is 26.5 Å². The van der Waals surface area contributed by atoms with Crippen LogP contribution in [0.4, 0.5) is 0 Å². The fraction of sp³-hybridized carbons (Fsp3) is 0.208. The predicted octanol–water partition coefficient (Wildman–Crippen LogP) is 3.15. The third-order valence-electron chi connectivity index (χ3n) is 4.77. The Morgan fingerprint density at radius 2 is 1.94 bits per heavy atom. The van der Waals surface area contributed by atoms with Crippen LogP contribution in [-0.2, 0) is 20.9 Å². The molecule has 0 saturated carbocycles. The Morgan fingerprint density at radius 1 is 1.19 bits per heavy atom. The lowest BCUT2D eigenvalue weighted by molar-refractivity contribution is -0.139. The number of carbonyl (C=O) groups excluding carboxylic acids is 2. The maximum Gasteiger partial charge on any atom is 0.338 e. The molecule has 0 radical (unpaired) electrons. The fourth-order valence-corrected chi connectivity index (χ4v) is 3.57. The van der Waals surface area contributed by atoms with Gasteiger partial charge in [0.2, 0.25) is 0 Å². The summed E-state index contributed by atoms with van der Waals surface area (Å²) in [6.07, 6.45) is 2.97. The number of hydrogen-bond donors (Lipinski definition) is 3. The van der Waals surface area contributed by atoms with Gasteiger partial charge in [-0.3, -0.25) is 0 Å². The van der Waals surface area contributed by atoms with Crippen LogP contribution in [0, 0.1) is 0 Å². The SMILES string of the molecule is CCOC(=O)C1=C(C)NC(=S)NC1c1ccc(OC(=O)/C=C/c2ccccc2)c(CO)c1. The maximum atomic E-state index is 12.5. The lowest BCUT2D eigenvalue weighted by Crippen LogP contribution is -2.45. The van der Waals surface area contributed by atoms with Gasteiger partial charge in [0, 0.05) is 17.3 Å². The number of rotatable bonds is 7. The minimum Gasteiger partial charge on any atom is -0.463 e. The normalized spacial score (nSPS) is 15.8. The second-order valence-electron chi connectivity index (χ2n) is 6.98. The highest BCUT2D eigenvalue weighted by Crippen LogP contribution is 2.31. The van der Waals surface area contributed by atoms with Crippen molar-refractivity contribution in [1.82, 2.24) is 10.6 Å². The minimum atomic E-state index is -0.573. The molecular formula is C24H24N2O5S. The quantitative estimate of drug-likeness (QED) is 0.255. The molecule has 8 heteroatoms. The van der Waals surface area contributed by atoms with Gasteiger partial charge in [0.15, 0.2) is 5.11 Å². The summed E-state index contributed by atoms with van der Waals surface area (Å²) in [6, 6.07) is 13.7. The van der Waals surface area contributed by atoms with Gasteiger partial charge in [-0.05, 0) is 55.4 Å². The van der Waals surface area contributed by atoms with Crippen LogP contribution in [0.25, 0.3) is 6.08 Å². The molecule has 0 aromatic heterocycles. The lowest BCUT2D eigenvalue weighted by Gasteiger charge is -2.30. The molecule has 0 fully saturated rings. The fourth-order valence-electron chi connectivity index (χ4n) is 3.30.